The van der Waals surface area contributed by atoms with Crippen molar-refractivity contribution in [2.45, 2.75) is 59.0 Å². The SMILES string of the molecule is CCCCCc1c(Br)c(O)c2c(c1Br)OC(C)(C)c1ccc(C)cc1-2. The van der Waals surface area contributed by atoms with Gasteiger partial charge < -0.3 is 9.84 Å². The van der Waals surface area contributed by atoms with Crippen molar-refractivity contribution in [3.05, 3.63) is 43.8 Å². The van der Waals surface area contributed by atoms with E-state index >= 15 is 0 Å². The Kier molecular flexibility index (Phi) is 5.23. The first-order chi connectivity index (χ1) is 11.8. The molecule has 0 fully saturated rings. The number of halogens is 2. The number of aryl methyl sites for hydroxylation is 1. The van der Waals surface area contributed by atoms with Gasteiger partial charge in [0.15, 0.2) is 0 Å². The molecule has 2 aromatic carbocycles. The van der Waals surface area contributed by atoms with E-state index in [1.807, 2.05) is 0 Å². The highest BCUT2D eigenvalue weighted by Crippen LogP contribution is 2.56. The van der Waals surface area contributed by atoms with Gasteiger partial charge in [0.1, 0.15) is 17.1 Å². The lowest BCUT2D eigenvalue weighted by atomic mass is 9.84. The molecule has 0 bridgehead atoms. The monoisotopic (exact) mass is 466 g/mol. The zero-order chi connectivity index (χ0) is 18.4. The lowest BCUT2D eigenvalue weighted by Gasteiger charge is -2.36. The van der Waals surface area contributed by atoms with Gasteiger partial charge in [-0.1, -0.05) is 43.5 Å². The fourth-order valence-electron chi connectivity index (χ4n) is 3.52. The number of rotatable bonds is 4. The third kappa shape index (κ3) is 3.23. The van der Waals surface area contributed by atoms with E-state index in [0.29, 0.717) is 0 Å². The van der Waals surface area contributed by atoms with Gasteiger partial charge in [0.05, 0.1) is 14.5 Å². The van der Waals surface area contributed by atoms with Gasteiger partial charge in [0.2, 0.25) is 0 Å². The minimum Gasteiger partial charge on any atom is -0.506 e. The first-order valence-corrected chi connectivity index (χ1v) is 10.4. The fourth-order valence-corrected chi connectivity index (χ4v) is 5.06. The van der Waals surface area contributed by atoms with Crippen LogP contribution in [0.25, 0.3) is 11.1 Å². The zero-order valence-electron chi connectivity index (χ0n) is 15.2. The number of fused-ring (bicyclic) bond motifs is 3. The number of phenols is 1. The lowest BCUT2D eigenvalue weighted by Crippen LogP contribution is -2.29. The van der Waals surface area contributed by atoms with E-state index in [2.05, 4.69) is 77.8 Å². The number of benzene rings is 2. The van der Waals surface area contributed by atoms with Gasteiger partial charge in [-0.2, -0.15) is 0 Å². The highest BCUT2D eigenvalue weighted by Gasteiger charge is 2.37. The smallest absolute Gasteiger partial charge is 0.146 e. The van der Waals surface area contributed by atoms with Crippen LogP contribution in [0.5, 0.6) is 11.5 Å². The summed E-state index contributed by atoms with van der Waals surface area (Å²) in [7, 11) is 0. The molecule has 0 aromatic heterocycles. The van der Waals surface area contributed by atoms with Crippen LogP contribution in [-0.2, 0) is 12.0 Å². The number of aromatic hydroxyl groups is 1. The molecule has 1 heterocycles. The predicted molar refractivity (Wildman–Crippen MR) is 111 cm³/mol. The van der Waals surface area contributed by atoms with E-state index in [1.165, 1.54) is 18.4 Å². The van der Waals surface area contributed by atoms with Crippen LogP contribution in [0.4, 0.5) is 0 Å². The van der Waals surface area contributed by atoms with Crippen LogP contribution in [-0.4, -0.2) is 5.11 Å². The Balaban J connectivity index is 2.24. The molecule has 0 spiro atoms. The zero-order valence-corrected chi connectivity index (χ0v) is 18.3. The minimum absolute atomic E-state index is 0.270. The molecule has 0 atom stereocenters. The van der Waals surface area contributed by atoms with Gasteiger partial charge in [-0.15, -0.1) is 0 Å². The lowest BCUT2D eigenvalue weighted by molar-refractivity contribution is 0.104. The molecule has 1 aliphatic heterocycles. The van der Waals surface area contributed by atoms with Crippen molar-refractivity contribution in [3.8, 4) is 22.6 Å². The first kappa shape index (κ1) is 18.8. The number of ether oxygens (including phenoxy) is 1. The van der Waals surface area contributed by atoms with Gasteiger partial charge in [-0.25, -0.2) is 0 Å². The van der Waals surface area contributed by atoms with Gasteiger partial charge >= 0.3 is 0 Å². The van der Waals surface area contributed by atoms with Gasteiger partial charge in [-0.05, 0) is 76.6 Å². The third-order valence-corrected chi connectivity index (χ3v) is 6.57. The van der Waals surface area contributed by atoms with Crippen LogP contribution >= 0.6 is 31.9 Å². The summed E-state index contributed by atoms with van der Waals surface area (Å²) in [6.07, 6.45) is 4.33. The van der Waals surface area contributed by atoms with E-state index < -0.39 is 5.60 Å². The quantitative estimate of drug-likeness (QED) is 0.479. The van der Waals surface area contributed by atoms with Crippen molar-refractivity contribution in [1.82, 2.24) is 0 Å². The van der Waals surface area contributed by atoms with Crippen molar-refractivity contribution in [2.24, 2.45) is 0 Å². The van der Waals surface area contributed by atoms with Gasteiger partial charge in [0, 0.05) is 5.56 Å². The molecule has 1 N–H and O–H groups in total. The standard InChI is InChI=1S/C21H24Br2O2/c1-5-6-7-8-13-17(22)19(24)16-14-11-12(2)9-10-15(14)21(3,4)25-20(16)18(13)23/h9-11,24H,5-8H2,1-4H3. The normalized spacial score (nSPS) is 14.6. The van der Waals surface area contributed by atoms with E-state index in [1.54, 1.807) is 0 Å². The molecule has 0 saturated carbocycles. The Morgan fingerprint density at radius 3 is 2.52 bits per heavy atom. The summed E-state index contributed by atoms with van der Waals surface area (Å²) in [5.41, 5.74) is 4.72. The van der Waals surface area contributed by atoms with Gasteiger partial charge in [-0.3, -0.25) is 0 Å². The average molecular weight is 468 g/mol. The fraction of sp³-hybridized carbons (Fsp3) is 0.429. The first-order valence-electron chi connectivity index (χ1n) is 8.81. The Morgan fingerprint density at radius 2 is 1.84 bits per heavy atom. The minimum atomic E-state index is -0.445. The summed E-state index contributed by atoms with van der Waals surface area (Å²) in [6, 6.07) is 6.33. The Hall–Kier alpha value is -1.00. The summed E-state index contributed by atoms with van der Waals surface area (Å²) in [5.74, 6) is 1.02. The molecule has 0 saturated heterocycles. The van der Waals surface area contributed by atoms with Crippen LogP contribution in [0.15, 0.2) is 27.1 Å². The maximum Gasteiger partial charge on any atom is 0.146 e. The highest BCUT2D eigenvalue weighted by molar-refractivity contribution is 9.11. The Labute approximate surface area is 166 Å². The van der Waals surface area contributed by atoms with Crippen molar-refractivity contribution in [1.29, 1.82) is 0 Å². The van der Waals surface area contributed by atoms with Crippen LogP contribution < -0.4 is 4.74 Å². The molecular formula is C21H24Br2O2. The van der Waals surface area contributed by atoms with Crippen molar-refractivity contribution in [2.75, 3.05) is 0 Å². The van der Waals surface area contributed by atoms with E-state index in [0.717, 1.165) is 49.8 Å². The number of unbranched alkanes of at least 4 members (excludes halogenated alkanes) is 2. The molecule has 0 amide bonds. The van der Waals surface area contributed by atoms with Crippen molar-refractivity contribution >= 4 is 31.9 Å². The number of hydrogen-bond donors (Lipinski definition) is 1. The van der Waals surface area contributed by atoms with Gasteiger partial charge in [0.25, 0.3) is 0 Å². The maximum atomic E-state index is 11.0. The molecule has 0 radical (unpaired) electrons. The maximum absolute atomic E-state index is 11.0. The molecule has 0 unspecified atom stereocenters. The molecule has 2 aromatic rings. The molecule has 25 heavy (non-hydrogen) atoms. The molecule has 134 valence electrons. The molecule has 4 heteroatoms. The van der Waals surface area contributed by atoms with Crippen LogP contribution in [0.1, 0.15) is 56.7 Å². The molecule has 3 rings (SSSR count). The Bertz CT molecular complexity index is 825. The second kappa shape index (κ2) is 6.96. The van der Waals surface area contributed by atoms with E-state index in [-0.39, 0.29) is 5.75 Å². The average Bonchev–Trinajstić information content (AvgIpc) is 2.55. The summed E-state index contributed by atoms with van der Waals surface area (Å²) in [5, 5.41) is 11.0. The highest BCUT2D eigenvalue weighted by atomic mass is 79.9. The summed E-state index contributed by atoms with van der Waals surface area (Å²) in [4.78, 5) is 0. The van der Waals surface area contributed by atoms with Crippen molar-refractivity contribution < 1.29 is 9.84 Å². The number of hydrogen-bond acceptors (Lipinski definition) is 2. The van der Waals surface area contributed by atoms with Crippen LogP contribution in [0.3, 0.4) is 0 Å². The summed E-state index contributed by atoms with van der Waals surface area (Å²) >= 11 is 7.39. The molecule has 0 aliphatic carbocycles. The largest absolute Gasteiger partial charge is 0.506 e. The summed E-state index contributed by atoms with van der Waals surface area (Å²) in [6.45, 7) is 8.42. The molecular weight excluding hydrogens is 444 g/mol. The second-order valence-corrected chi connectivity index (χ2v) is 8.86. The second-order valence-electron chi connectivity index (χ2n) is 7.28. The third-order valence-electron chi connectivity index (χ3n) is 4.88. The van der Waals surface area contributed by atoms with Crippen LogP contribution in [0, 0.1) is 6.92 Å². The molecule has 2 nitrogen and oxygen atoms in total. The summed E-state index contributed by atoms with van der Waals surface area (Å²) < 4.78 is 8.09. The molecule has 1 aliphatic rings. The topological polar surface area (TPSA) is 29.5 Å². The van der Waals surface area contributed by atoms with Crippen molar-refractivity contribution in [3.63, 3.8) is 0 Å². The predicted octanol–water partition coefficient (Wildman–Crippen LogP) is 7.25. The van der Waals surface area contributed by atoms with E-state index in [9.17, 15) is 5.11 Å². The Morgan fingerprint density at radius 1 is 1.12 bits per heavy atom. The van der Waals surface area contributed by atoms with Crippen LogP contribution in [0.2, 0.25) is 0 Å². The number of phenolic OH excluding ortho intramolecular Hbond substituents is 1. The van der Waals surface area contributed by atoms with E-state index in [4.69, 9.17) is 4.74 Å².